The van der Waals surface area contributed by atoms with Gasteiger partial charge in [0.25, 0.3) is 0 Å². The highest BCUT2D eigenvalue weighted by Crippen LogP contribution is 2.20. The van der Waals surface area contributed by atoms with Crippen LogP contribution in [-0.2, 0) is 11.2 Å². The first kappa shape index (κ1) is 8.10. The summed E-state index contributed by atoms with van der Waals surface area (Å²) in [5, 5.41) is 0. The van der Waals surface area contributed by atoms with Gasteiger partial charge in [0.1, 0.15) is 5.69 Å². The average Bonchev–Trinajstić information content (AvgIpc) is 2.61. The van der Waals surface area contributed by atoms with Crippen LogP contribution in [0, 0.1) is 0 Å². The first-order chi connectivity index (χ1) is 6.31. The third kappa shape index (κ3) is 1.37. The Bertz CT molecular complexity index is 363. The Balaban J connectivity index is 2.23. The molecule has 0 saturated carbocycles. The first-order valence-corrected chi connectivity index (χ1v) is 4.37. The molecule has 0 unspecified atom stereocenters. The number of H-pyrrole nitrogens is 1. The molecule has 1 aromatic rings. The van der Waals surface area contributed by atoms with Crippen molar-refractivity contribution in [2.75, 3.05) is 6.61 Å². The Morgan fingerprint density at radius 2 is 2.54 bits per heavy atom. The molecular formula is C10H11NO2. The number of aromatic amines is 1. The van der Waals surface area contributed by atoms with E-state index in [1.54, 1.807) is 6.92 Å². The van der Waals surface area contributed by atoms with Crippen molar-refractivity contribution in [2.45, 2.75) is 13.3 Å². The van der Waals surface area contributed by atoms with Crippen molar-refractivity contribution < 1.29 is 9.53 Å². The fourth-order valence-corrected chi connectivity index (χ4v) is 1.45. The van der Waals surface area contributed by atoms with Crippen LogP contribution in [-0.4, -0.2) is 17.6 Å². The van der Waals surface area contributed by atoms with Crippen molar-refractivity contribution in [1.29, 1.82) is 0 Å². The van der Waals surface area contributed by atoms with E-state index in [9.17, 15) is 4.79 Å². The summed E-state index contributed by atoms with van der Waals surface area (Å²) in [5.41, 5.74) is 2.75. The number of carbonyl (C=O) groups is 1. The van der Waals surface area contributed by atoms with Crippen LogP contribution in [0.3, 0.4) is 0 Å². The van der Waals surface area contributed by atoms with Crippen LogP contribution >= 0.6 is 0 Å². The third-order valence-electron chi connectivity index (χ3n) is 2.05. The van der Waals surface area contributed by atoms with Gasteiger partial charge in [-0.1, -0.05) is 12.2 Å². The normalized spacial score (nSPS) is 13.0. The Labute approximate surface area is 76.4 Å². The molecule has 0 spiro atoms. The minimum absolute atomic E-state index is 0.273. The molecular weight excluding hydrogens is 166 g/mol. The fourth-order valence-electron chi connectivity index (χ4n) is 1.45. The summed E-state index contributed by atoms with van der Waals surface area (Å²) in [5.74, 6) is -0.273. The van der Waals surface area contributed by atoms with Gasteiger partial charge in [-0.15, -0.1) is 0 Å². The molecule has 1 heterocycles. The number of hydrogen-bond donors (Lipinski definition) is 1. The van der Waals surface area contributed by atoms with Crippen molar-refractivity contribution in [3.8, 4) is 0 Å². The standard InChI is InChI=1S/C10H11NO2/c1-2-13-10(12)9-6-7-4-3-5-8(7)11-9/h3-4,6,11H,2,5H2,1H3. The molecule has 0 aliphatic heterocycles. The number of fused-ring (bicyclic) bond motifs is 1. The van der Waals surface area contributed by atoms with Crippen LogP contribution < -0.4 is 0 Å². The number of hydrogen-bond acceptors (Lipinski definition) is 2. The van der Waals surface area contributed by atoms with Crippen molar-refractivity contribution >= 4 is 12.0 Å². The van der Waals surface area contributed by atoms with Crippen LogP contribution in [0.15, 0.2) is 12.1 Å². The highest BCUT2D eigenvalue weighted by atomic mass is 16.5. The zero-order valence-electron chi connectivity index (χ0n) is 7.46. The van der Waals surface area contributed by atoms with Crippen molar-refractivity contribution in [3.05, 3.63) is 29.1 Å². The van der Waals surface area contributed by atoms with E-state index >= 15 is 0 Å². The Morgan fingerprint density at radius 3 is 3.23 bits per heavy atom. The van der Waals surface area contributed by atoms with Gasteiger partial charge >= 0.3 is 5.97 Å². The number of ether oxygens (including phenoxy) is 1. The zero-order chi connectivity index (χ0) is 9.26. The molecule has 0 fully saturated rings. The highest BCUT2D eigenvalue weighted by Gasteiger charge is 2.14. The Morgan fingerprint density at radius 1 is 1.69 bits per heavy atom. The molecule has 3 nitrogen and oxygen atoms in total. The van der Waals surface area contributed by atoms with Crippen LogP contribution in [0.25, 0.3) is 6.08 Å². The molecule has 1 aliphatic carbocycles. The largest absolute Gasteiger partial charge is 0.461 e. The minimum atomic E-state index is -0.273. The molecule has 68 valence electrons. The molecule has 3 heteroatoms. The lowest BCUT2D eigenvalue weighted by Gasteiger charge is -1.97. The fraction of sp³-hybridized carbons (Fsp3) is 0.300. The first-order valence-electron chi connectivity index (χ1n) is 4.37. The molecule has 0 aromatic carbocycles. The SMILES string of the molecule is CCOC(=O)c1cc2c([nH]1)CC=C2. The lowest BCUT2D eigenvalue weighted by atomic mass is 10.3. The molecule has 0 saturated heterocycles. The van der Waals surface area contributed by atoms with Gasteiger partial charge < -0.3 is 9.72 Å². The van der Waals surface area contributed by atoms with E-state index in [4.69, 9.17) is 4.74 Å². The molecule has 1 aliphatic rings. The van der Waals surface area contributed by atoms with Gasteiger partial charge in [-0.05, 0) is 18.6 Å². The highest BCUT2D eigenvalue weighted by molar-refractivity contribution is 5.89. The second kappa shape index (κ2) is 3.09. The maximum absolute atomic E-state index is 11.3. The van der Waals surface area contributed by atoms with E-state index in [0.717, 1.165) is 17.7 Å². The van der Waals surface area contributed by atoms with Crippen LogP contribution in [0.2, 0.25) is 0 Å². The molecule has 2 rings (SSSR count). The second-order valence-corrected chi connectivity index (χ2v) is 2.94. The summed E-state index contributed by atoms with van der Waals surface area (Å²) < 4.78 is 4.87. The maximum Gasteiger partial charge on any atom is 0.354 e. The van der Waals surface area contributed by atoms with Crippen LogP contribution in [0.1, 0.15) is 28.7 Å². The van der Waals surface area contributed by atoms with Crippen LogP contribution in [0.5, 0.6) is 0 Å². The van der Waals surface area contributed by atoms with E-state index in [0.29, 0.717) is 12.3 Å². The van der Waals surface area contributed by atoms with Gasteiger partial charge in [-0.2, -0.15) is 0 Å². The number of nitrogens with one attached hydrogen (secondary N) is 1. The Hall–Kier alpha value is -1.51. The quantitative estimate of drug-likeness (QED) is 0.699. The third-order valence-corrected chi connectivity index (χ3v) is 2.05. The van der Waals surface area contributed by atoms with E-state index in [1.165, 1.54) is 0 Å². The number of esters is 1. The van der Waals surface area contributed by atoms with Gasteiger partial charge in [0.2, 0.25) is 0 Å². The summed E-state index contributed by atoms with van der Waals surface area (Å²) in [6, 6.07) is 1.83. The summed E-state index contributed by atoms with van der Waals surface area (Å²) in [6.45, 7) is 2.22. The van der Waals surface area contributed by atoms with E-state index in [2.05, 4.69) is 11.1 Å². The molecule has 13 heavy (non-hydrogen) atoms. The number of rotatable bonds is 2. The molecule has 0 atom stereocenters. The lowest BCUT2D eigenvalue weighted by molar-refractivity contribution is 0.0520. The summed E-state index contributed by atoms with van der Waals surface area (Å²) in [4.78, 5) is 14.3. The van der Waals surface area contributed by atoms with Gasteiger partial charge in [0.05, 0.1) is 6.61 Å². The summed E-state index contributed by atoms with van der Waals surface area (Å²) >= 11 is 0. The van der Waals surface area contributed by atoms with Crippen molar-refractivity contribution in [2.24, 2.45) is 0 Å². The van der Waals surface area contributed by atoms with E-state index in [-0.39, 0.29) is 5.97 Å². The van der Waals surface area contributed by atoms with Crippen LogP contribution in [0.4, 0.5) is 0 Å². The zero-order valence-corrected chi connectivity index (χ0v) is 7.46. The molecule has 1 N–H and O–H groups in total. The molecule has 0 radical (unpaired) electrons. The monoisotopic (exact) mass is 177 g/mol. The van der Waals surface area contributed by atoms with Gasteiger partial charge in [-0.25, -0.2) is 4.79 Å². The molecule has 1 aromatic heterocycles. The van der Waals surface area contributed by atoms with Gasteiger partial charge in [0.15, 0.2) is 0 Å². The molecule has 0 amide bonds. The average molecular weight is 177 g/mol. The van der Waals surface area contributed by atoms with Crippen molar-refractivity contribution in [3.63, 3.8) is 0 Å². The van der Waals surface area contributed by atoms with Gasteiger partial charge in [0, 0.05) is 12.1 Å². The minimum Gasteiger partial charge on any atom is -0.461 e. The van der Waals surface area contributed by atoms with E-state index < -0.39 is 0 Å². The number of aromatic nitrogens is 1. The van der Waals surface area contributed by atoms with Crippen molar-refractivity contribution in [1.82, 2.24) is 4.98 Å². The second-order valence-electron chi connectivity index (χ2n) is 2.94. The predicted octanol–water partition coefficient (Wildman–Crippen LogP) is 1.76. The smallest absolute Gasteiger partial charge is 0.354 e. The predicted molar refractivity (Wildman–Crippen MR) is 49.5 cm³/mol. The Kier molecular flexibility index (Phi) is 1.93. The lowest BCUT2D eigenvalue weighted by Crippen LogP contribution is -2.04. The molecule has 0 bridgehead atoms. The summed E-state index contributed by atoms with van der Waals surface area (Å²) in [7, 11) is 0. The maximum atomic E-state index is 11.3. The number of carbonyl (C=O) groups excluding carboxylic acids is 1. The summed E-state index contributed by atoms with van der Waals surface area (Å²) in [6.07, 6.45) is 4.96. The topological polar surface area (TPSA) is 42.1 Å². The van der Waals surface area contributed by atoms with Gasteiger partial charge in [-0.3, -0.25) is 0 Å². The number of allylic oxidation sites excluding steroid dienone is 1. The van der Waals surface area contributed by atoms with E-state index in [1.807, 2.05) is 12.1 Å².